The zero-order valence-electron chi connectivity index (χ0n) is 21.6. The fraction of sp³-hybridized carbons (Fsp3) is 0.571. The first-order chi connectivity index (χ1) is 18.4. The molecule has 2 aromatic rings. The van der Waals surface area contributed by atoms with Gasteiger partial charge >= 0.3 is 6.18 Å². The van der Waals surface area contributed by atoms with Crippen molar-refractivity contribution < 1.29 is 24.1 Å². The van der Waals surface area contributed by atoms with Gasteiger partial charge in [0.25, 0.3) is 0 Å². The largest absolute Gasteiger partial charge is 0.401 e. The van der Waals surface area contributed by atoms with Crippen molar-refractivity contribution in [2.75, 3.05) is 48.0 Å². The molecule has 3 heterocycles. The second kappa shape index (κ2) is 11.9. The molecule has 0 radical (unpaired) electrons. The topological polar surface area (TPSA) is 69.7 Å². The maximum atomic E-state index is 13.6. The molecule has 10 heteroatoms. The molecule has 1 aromatic carbocycles. The molecule has 2 saturated carbocycles. The maximum Gasteiger partial charge on any atom is 0.401 e. The standard InChI is InChI=1S/C23H28N4O2.C5H8F3N.H2/c28-23(17-5-2-1-3-6-17)27-16-18-7-4-10-24-22(18)25-20-9-8-19(15-21(20)27)26-11-13-29-14-12-26;6-5(7,8)3-9-4-1-2-4;/h4,7-10,15,17H,1-3,5-6,11-14,16H2,(H,24,25);4,9H,1-3H2;1H. The number of halogens is 3. The van der Waals surface area contributed by atoms with E-state index in [1.54, 1.807) is 6.20 Å². The third-order valence-electron chi connectivity index (χ3n) is 7.51. The van der Waals surface area contributed by atoms with Crippen LogP contribution in [0.25, 0.3) is 0 Å². The van der Waals surface area contributed by atoms with Gasteiger partial charge in [0.15, 0.2) is 0 Å². The van der Waals surface area contributed by atoms with Crippen molar-refractivity contribution in [3.63, 3.8) is 0 Å². The zero-order chi connectivity index (χ0) is 26.5. The first-order valence-electron chi connectivity index (χ1n) is 13.7. The Labute approximate surface area is 223 Å². The van der Waals surface area contributed by atoms with Crippen molar-refractivity contribution in [1.29, 1.82) is 0 Å². The van der Waals surface area contributed by atoms with Crippen LogP contribution in [0.5, 0.6) is 0 Å². The van der Waals surface area contributed by atoms with Crippen LogP contribution in [0, 0.1) is 5.92 Å². The molecule has 4 aliphatic rings. The van der Waals surface area contributed by atoms with Crippen molar-refractivity contribution in [3.8, 4) is 0 Å². The molecular formula is C28H38F3N5O2. The molecule has 208 valence electrons. The number of morpholine rings is 1. The molecule has 2 aliphatic heterocycles. The summed E-state index contributed by atoms with van der Waals surface area (Å²) in [5, 5.41) is 5.84. The Hall–Kier alpha value is -2.85. The number of nitrogens with zero attached hydrogens (tertiary/aromatic N) is 3. The van der Waals surface area contributed by atoms with Crippen molar-refractivity contribution in [2.45, 2.75) is 63.7 Å². The molecule has 0 atom stereocenters. The number of alkyl halides is 3. The minimum absolute atomic E-state index is 0. The highest BCUT2D eigenvalue weighted by Gasteiger charge is 2.32. The average molecular weight is 534 g/mol. The fourth-order valence-electron chi connectivity index (χ4n) is 5.24. The van der Waals surface area contributed by atoms with E-state index < -0.39 is 12.7 Å². The van der Waals surface area contributed by atoms with Gasteiger partial charge in [0.05, 0.1) is 37.7 Å². The summed E-state index contributed by atoms with van der Waals surface area (Å²) in [7, 11) is 0. The molecule has 6 rings (SSSR count). The van der Waals surface area contributed by atoms with Crippen molar-refractivity contribution in [1.82, 2.24) is 10.3 Å². The minimum Gasteiger partial charge on any atom is -0.378 e. The second-order valence-electron chi connectivity index (χ2n) is 10.5. The summed E-state index contributed by atoms with van der Waals surface area (Å²) in [6, 6.07) is 10.5. The second-order valence-corrected chi connectivity index (χ2v) is 10.5. The number of carbonyl (C=O) groups excluding carboxylic acids is 1. The lowest BCUT2D eigenvalue weighted by molar-refractivity contribution is -0.125. The molecule has 1 amide bonds. The van der Waals surface area contributed by atoms with Gasteiger partial charge in [0.1, 0.15) is 5.82 Å². The molecule has 1 aromatic heterocycles. The Morgan fingerprint density at radius 1 is 1.11 bits per heavy atom. The van der Waals surface area contributed by atoms with Gasteiger partial charge in [-0.1, -0.05) is 25.3 Å². The van der Waals surface area contributed by atoms with Crippen LogP contribution in [0.3, 0.4) is 0 Å². The quantitative estimate of drug-likeness (QED) is 0.531. The van der Waals surface area contributed by atoms with Crippen LogP contribution in [0.4, 0.5) is 36.1 Å². The highest BCUT2D eigenvalue weighted by molar-refractivity contribution is 6.00. The number of ether oxygens (including phenoxy) is 1. The van der Waals surface area contributed by atoms with E-state index in [4.69, 9.17) is 4.74 Å². The minimum atomic E-state index is -4.04. The lowest BCUT2D eigenvalue weighted by Gasteiger charge is -2.32. The summed E-state index contributed by atoms with van der Waals surface area (Å²) >= 11 is 0. The Morgan fingerprint density at radius 3 is 2.58 bits per heavy atom. The number of hydrogen-bond donors (Lipinski definition) is 2. The van der Waals surface area contributed by atoms with Crippen LogP contribution in [0.1, 0.15) is 51.9 Å². The Bertz CT molecular complexity index is 1100. The smallest absolute Gasteiger partial charge is 0.378 e. The van der Waals surface area contributed by atoms with Gasteiger partial charge in [0, 0.05) is 43.9 Å². The molecule has 3 fully saturated rings. The molecule has 0 spiro atoms. The molecular weight excluding hydrogens is 495 g/mol. The van der Waals surface area contributed by atoms with Gasteiger partial charge in [-0.25, -0.2) is 4.98 Å². The van der Waals surface area contributed by atoms with Crippen molar-refractivity contribution in [2.24, 2.45) is 5.92 Å². The number of pyridine rings is 1. The SMILES string of the molecule is FC(F)(F)CNC1CC1.O=C(C1CCCCC1)N1Cc2cccnc2Nc2ccc(N3CCOCC3)cc21.[HH]. The van der Waals surface area contributed by atoms with E-state index in [-0.39, 0.29) is 19.3 Å². The van der Waals surface area contributed by atoms with E-state index in [1.165, 1.54) is 6.42 Å². The normalized spacial score (nSPS) is 19.9. The number of aromatic nitrogens is 1. The van der Waals surface area contributed by atoms with Crippen LogP contribution in [0.15, 0.2) is 36.5 Å². The third kappa shape index (κ3) is 6.96. The summed E-state index contributed by atoms with van der Waals surface area (Å²) in [5.74, 6) is 1.22. The summed E-state index contributed by atoms with van der Waals surface area (Å²) in [4.78, 5) is 22.5. The van der Waals surface area contributed by atoms with E-state index in [9.17, 15) is 18.0 Å². The van der Waals surface area contributed by atoms with Gasteiger partial charge in [-0.05, 0) is 49.9 Å². The van der Waals surface area contributed by atoms with E-state index in [1.807, 2.05) is 11.0 Å². The fourth-order valence-corrected chi connectivity index (χ4v) is 5.24. The monoisotopic (exact) mass is 533 g/mol. The average Bonchev–Trinajstić information content (AvgIpc) is 3.78. The number of amides is 1. The van der Waals surface area contributed by atoms with Crippen LogP contribution >= 0.6 is 0 Å². The van der Waals surface area contributed by atoms with Gasteiger partial charge in [-0.2, -0.15) is 13.2 Å². The van der Waals surface area contributed by atoms with Crippen LogP contribution in [0.2, 0.25) is 0 Å². The number of carbonyl (C=O) groups is 1. The Morgan fingerprint density at radius 2 is 1.87 bits per heavy atom. The molecule has 0 unspecified atom stereocenters. The van der Waals surface area contributed by atoms with E-state index >= 15 is 0 Å². The number of anilines is 4. The summed E-state index contributed by atoms with van der Waals surface area (Å²) in [6.45, 7) is 2.97. The maximum absolute atomic E-state index is 13.6. The Kier molecular flexibility index (Phi) is 8.38. The highest BCUT2D eigenvalue weighted by atomic mass is 19.4. The molecule has 1 saturated heterocycles. The zero-order valence-corrected chi connectivity index (χ0v) is 21.6. The van der Waals surface area contributed by atoms with E-state index in [0.717, 1.165) is 93.3 Å². The number of hydrogen-bond acceptors (Lipinski definition) is 6. The Balaban J connectivity index is 0.000000302. The van der Waals surface area contributed by atoms with Crippen LogP contribution < -0.4 is 20.4 Å². The van der Waals surface area contributed by atoms with Crippen LogP contribution in [-0.2, 0) is 16.1 Å². The summed E-state index contributed by atoms with van der Waals surface area (Å²) in [6.07, 6.45) is 5.11. The molecule has 2 aliphatic carbocycles. The van der Waals surface area contributed by atoms with E-state index in [0.29, 0.717) is 6.54 Å². The summed E-state index contributed by atoms with van der Waals surface area (Å²) < 4.78 is 39.7. The highest BCUT2D eigenvalue weighted by Crippen LogP contribution is 2.39. The van der Waals surface area contributed by atoms with E-state index in [2.05, 4.69) is 44.8 Å². The van der Waals surface area contributed by atoms with Crippen molar-refractivity contribution in [3.05, 3.63) is 42.1 Å². The first-order valence-corrected chi connectivity index (χ1v) is 13.7. The first kappa shape index (κ1) is 26.7. The van der Waals surface area contributed by atoms with Crippen LogP contribution in [-0.4, -0.2) is 56.0 Å². The predicted octanol–water partition coefficient (Wildman–Crippen LogP) is 5.64. The van der Waals surface area contributed by atoms with Gasteiger partial charge < -0.3 is 25.2 Å². The lowest BCUT2D eigenvalue weighted by Crippen LogP contribution is -2.38. The van der Waals surface area contributed by atoms with Gasteiger partial charge in [-0.15, -0.1) is 0 Å². The number of rotatable bonds is 4. The molecule has 2 N–H and O–H groups in total. The van der Waals surface area contributed by atoms with Gasteiger partial charge in [0.2, 0.25) is 5.91 Å². The number of nitrogens with one attached hydrogen (secondary N) is 2. The third-order valence-corrected chi connectivity index (χ3v) is 7.51. The van der Waals surface area contributed by atoms with Crippen molar-refractivity contribution >= 4 is 28.8 Å². The molecule has 38 heavy (non-hydrogen) atoms. The predicted molar refractivity (Wildman–Crippen MR) is 144 cm³/mol. The molecule has 7 nitrogen and oxygen atoms in total. The number of benzene rings is 1. The lowest BCUT2D eigenvalue weighted by atomic mass is 9.88. The van der Waals surface area contributed by atoms with Gasteiger partial charge in [-0.3, -0.25) is 4.79 Å². The summed E-state index contributed by atoms with van der Waals surface area (Å²) in [5.41, 5.74) is 4.11. The number of fused-ring (bicyclic) bond motifs is 2. The molecule has 0 bridgehead atoms.